The third-order valence-corrected chi connectivity index (χ3v) is 13.7. The first-order valence-electron chi connectivity index (χ1n) is 28.5. The smallest absolute Gasteiger partial charge is 0.279 e. The maximum Gasteiger partial charge on any atom is 0.279 e. The molecule has 0 fully saturated rings. The van der Waals surface area contributed by atoms with Crippen molar-refractivity contribution in [2.75, 3.05) is 37.3 Å². The third kappa shape index (κ3) is 16.2. The van der Waals surface area contributed by atoms with Gasteiger partial charge in [0.05, 0.1) is 95.1 Å². The second-order valence-corrected chi connectivity index (χ2v) is 20.5. The molecule has 0 aliphatic heterocycles. The summed E-state index contributed by atoms with van der Waals surface area (Å²) in [6.07, 6.45) is 4.12. The van der Waals surface area contributed by atoms with E-state index < -0.39 is 29.4 Å². The highest BCUT2D eigenvalue weighted by molar-refractivity contribution is 6.32. The number of Topliss-reactive ketones (excluding diaryl/α,β-unsaturated/α-hetero) is 3. The van der Waals surface area contributed by atoms with Crippen molar-refractivity contribution in [3.63, 3.8) is 0 Å². The molecule has 27 heteroatoms. The van der Waals surface area contributed by atoms with Crippen LogP contribution in [0.2, 0.25) is 5.02 Å². The number of ether oxygens (including phenoxy) is 6. The van der Waals surface area contributed by atoms with Gasteiger partial charge in [-0.15, -0.1) is 0 Å². The normalized spacial score (nSPS) is 10.6. The average molecular weight is 1310 g/mol. The Balaban J connectivity index is 0.000000157. The van der Waals surface area contributed by atoms with Crippen LogP contribution in [0.5, 0.6) is 52.1 Å². The lowest BCUT2D eigenvalue weighted by atomic mass is 10.2. The minimum Gasteiger partial charge on any atom is -0.497 e. The molecule has 0 saturated carbocycles. The standard InChI is InChI=1S/C24H20N4O5.C23H17FN4O4.C22H14ClFN4O3/c1-14(29)17-10-8-15(13-25-17)26-23(30)22-24(28-19-7-5-4-6-18(19)27-22)33-20-11-9-16(31-2)12-21(20)32-3;1-13(29)17-9-7-14(12-25-17)26-22(30)21-23(28-19-6-4-3-5-18(19)27-21)32-15-8-10-20(31-2)16(24)11-15;1-12(29)16-8-7-14(11-25-16)26-21(30)20-22(28-18-5-3-2-4-17(18)27-20)31-19-9-6-13(24)10-15(19)23/h4-13H,1-3H3,(H,26,30);3-12H,1-2H3,(H,26,30);2-11H,1H3,(H,26,30). The number of anilines is 3. The first kappa shape index (κ1) is 66.1. The van der Waals surface area contributed by atoms with Crippen LogP contribution in [0.25, 0.3) is 33.1 Å². The topological polar surface area (TPSA) is 310 Å². The molecule has 0 spiro atoms. The Labute approximate surface area is 548 Å². The van der Waals surface area contributed by atoms with Gasteiger partial charge in [0.15, 0.2) is 57.5 Å². The molecule has 0 bridgehead atoms. The van der Waals surface area contributed by atoms with E-state index in [1.807, 2.05) is 6.07 Å². The summed E-state index contributed by atoms with van der Waals surface area (Å²) in [6, 6.07) is 42.9. The molecule has 96 heavy (non-hydrogen) atoms. The number of carbonyl (C=O) groups excluding carboxylic acids is 6. The minimum absolute atomic E-state index is 0.00276. The summed E-state index contributed by atoms with van der Waals surface area (Å²) < 4.78 is 60.4. The Kier molecular flexibility index (Phi) is 20.7. The van der Waals surface area contributed by atoms with Gasteiger partial charge in [0.2, 0.25) is 0 Å². The highest BCUT2D eigenvalue weighted by atomic mass is 35.5. The predicted octanol–water partition coefficient (Wildman–Crippen LogP) is 13.8. The van der Waals surface area contributed by atoms with Gasteiger partial charge in [0.1, 0.15) is 40.1 Å². The summed E-state index contributed by atoms with van der Waals surface area (Å²) in [5.41, 5.74) is 4.79. The Morgan fingerprint density at radius 3 is 1.09 bits per heavy atom. The van der Waals surface area contributed by atoms with Gasteiger partial charge >= 0.3 is 0 Å². The van der Waals surface area contributed by atoms with Crippen molar-refractivity contribution in [2.45, 2.75) is 20.8 Å². The van der Waals surface area contributed by atoms with Crippen molar-refractivity contribution in [1.29, 1.82) is 0 Å². The molecule has 0 saturated heterocycles. The molecule has 12 aromatic rings. The van der Waals surface area contributed by atoms with E-state index in [-0.39, 0.29) is 85.7 Å². The fraction of sp³-hybridized carbons (Fsp3) is 0.0870. The summed E-state index contributed by atoms with van der Waals surface area (Å²) in [5.74, 6) is -2.03. The van der Waals surface area contributed by atoms with Crippen LogP contribution in [-0.4, -0.2) is 101 Å². The highest BCUT2D eigenvalue weighted by Crippen LogP contribution is 2.37. The molecule has 12 rings (SSSR count). The first-order valence-corrected chi connectivity index (χ1v) is 28.9. The van der Waals surface area contributed by atoms with Gasteiger partial charge in [-0.25, -0.2) is 38.7 Å². The zero-order valence-corrected chi connectivity index (χ0v) is 52.1. The molecular weight excluding hydrogens is 1260 g/mol. The monoisotopic (exact) mass is 1310 g/mol. The maximum absolute atomic E-state index is 14.1. The third-order valence-electron chi connectivity index (χ3n) is 13.4. The number of aromatic nitrogens is 9. The summed E-state index contributed by atoms with van der Waals surface area (Å²) in [7, 11) is 4.40. The predicted molar refractivity (Wildman–Crippen MR) is 349 cm³/mol. The molecule has 0 aliphatic carbocycles. The van der Waals surface area contributed by atoms with Crippen molar-refractivity contribution < 1.29 is 66.0 Å². The van der Waals surface area contributed by atoms with E-state index in [0.29, 0.717) is 73.1 Å². The largest absolute Gasteiger partial charge is 0.497 e. The van der Waals surface area contributed by atoms with Gasteiger partial charge in [0, 0.05) is 32.9 Å². The number of nitrogens with one attached hydrogen (secondary N) is 3. The van der Waals surface area contributed by atoms with E-state index in [1.54, 1.807) is 110 Å². The lowest BCUT2D eigenvalue weighted by Crippen LogP contribution is -2.16. The molecule has 3 amide bonds. The van der Waals surface area contributed by atoms with Gasteiger partial charge in [-0.1, -0.05) is 48.0 Å². The van der Waals surface area contributed by atoms with Gasteiger partial charge in [-0.3, -0.25) is 43.7 Å². The number of rotatable bonds is 18. The van der Waals surface area contributed by atoms with Crippen molar-refractivity contribution in [3.05, 3.63) is 233 Å². The number of hydrogen-bond acceptors (Lipinski definition) is 21. The molecule has 0 atom stereocenters. The molecule has 0 unspecified atom stereocenters. The average Bonchev–Trinajstić information content (AvgIpc) is 0.814. The molecule has 24 nitrogen and oxygen atoms in total. The second-order valence-electron chi connectivity index (χ2n) is 20.1. The number of pyridine rings is 3. The van der Waals surface area contributed by atoms with Crippen molar-refractivity contribution >= 4 is 96.8 Å². The van der Waals surface area contributed by atoms with Gasteiger partial charge in [-0.2, -0.15) is 0 Å². The molecule has 6 aromatic heterocycles. The number of para-hydroxylation sites is 6. The molecule has 0 aliphatic rings. The highest BCUT2D eigenvalue weighted by Gasteiger charge is 2.24. The Bertz CT molecular complexity index is 4960. The molecule has 480 valence electrons. The SMILES string of the molecule is CC(=O)c1ccc(NC(=O)c2nc3ccccc3nc2Oc2ccc(F)cc2Cl)cn1.COc1ccc(Oc2nc3ccccc3nc2C(=O)Nc2ccc(C(C)=O)nc2)c(OC)c1.COc1ccc(Oc2nc3ccccc3nc2C(=O)Nc2ccc(C(C)=O)nc2)cc1F. The van der Waals surface area contributed by atoms with Gasteiger partial charge in [0.25, 0.3) is 35.4 Å². The van der Waals surface area contributed by atoms with Crippen LogP contribution in [0.1, 0.15) is 83.7 Å². The molecule has 3 N–H and O–H groups in total. The number of amides is 3. The number of ketones is 3. The van der Waals surface area contributed by atoms with Crippen LogP contribution in [-0.2, 0) is 0 Å². The summed E-state index contributed by atoms with van der Waals surface area (Å²) in [5, 5.41) is 8.04. The second kappa shape index (κ2) is 30.1. The number of fused-ring (bicyclic) bond motifs is 3. The number of nitrogens with zero attached hydrogens (tertiary/aromatic N) is 9. The number of methoxy groups -OCH3 is 3. The van der Waals surface area contributed by atoms with E-state index in [2.05, 4.69) is 60.8 Å². The number of carbonyl (C=O) groups is 6. The maximum atomic E-state index is 14.1. The van der Waals surface area contributed by atoms with Crippen molar-refractivity contribution in [1.82, 2.24) is 44.9 Å². The van der Waals surface area contributed by atoms with Crippen LogP contribution in [0.15, 0.2) is 182 Å². The van der Waals surface area contributed by atoms with Crippen LogP contribution in [0, 0.1) is 11.6 Å². The zero-order valence-electron chi connectivity index (χ0n) is 51.4. The molecule has 0 radical (unpaired) electrons. The lowest BCUT2D eigenvalue weighted by molar-refractivity contribution is 0.1000. The first-order chi connectivity index (χ1) is 46.3. The van der Waals surface area contributed by atoms with Gasteiger partial charge < -0.3 is 44.4 Å². The molecule has 6 heterocycles. The Morgan fingerprint density at radius 1 is 0.375 bits per heavy atom. The van der Waals surface area contributed by atoms with E-state index in [1.165, 1.54) is 96.0 Å². The Hall–Kier alpha value is -12.8. The van der Waals surface area contributed by atoms with Gasteiger partial charge in [-0.05, 0) is 115 Å². The van der Waals surface area contributed by atoms with E-state index in [4.69, 9.17) is 40.0 Å². The zero-order chi connectivity index (χ0) is 68.0. The summed E-state index contributed by atoms with van der Waals surface area (Å²) in [4.78, 5) is 112. The molecular formula is C69H51ClF2N12O12. The minimum atomic E-state index is -0.624. The quantitative estimate of drug-likeness (QED) is 0.0672. The van der Waals surface area contributed by atoms with Crippen LogP contribution >= 0.6 is 11.6 Å². The number of benzene rings is 6. The fourth-order valence-corrected chi connectivity index (χ4v) is 8.86. The molecule has 6 aromatic carbocycles. The van der Waals surface area contributed by atoms with Crippen molar-refractivity contribution in [2.24, 2.45) is 0 Å². The van der Waals surface area contributed by atoms with E-state index >= 15 is 0 Å². The van der Waals surface area contributed by atoms with Crippen LogP contribution < -0.4 is 44.4 Å². The fourth-order valence-electron chi connectivity index (χ4n) is 8.66. The number of hydrogen-bond donors (Lipinski definition) is 3. The lowest BCUT2D eigenvalue weighted by Gasteiger charge is -2.14. The number of halogens is 3. The van der Waals surface area contributed by atoms with Crippen LogP contribution in [0.4, 0.5) is 25.8 Å². The van der Waals surface area contributed by atoms with Crippen LogP contribution in [0.3, 0.4) is 0 Å². The Morgan fingerprint density at radius 2 is 0.740 bits per heavy atom. The van der Waals surface area contributed by atoms with E-state index in [9.17, 15) is 37.5 Å². The summed E-state index contributed by atoms with van der Waals surface area (Å²) >= 11 is 6.05. The van der Waals surface area contributed by atoms with E-state index in [0.717, 1.165) is 12.1 Å². The van der Waals surface area contributed by atoms with Crippen molar-refractivity contribution in [3.8, 4) is 52.1 Å². The summed E-state index contributed by atoms with van der Waals surface area (Å²) in [6.45, 7) is 4.22.